The topological polar surface area (TPSA) is 52.5 Å². The summed E-state index contributed by atoms with van der Waals surface area (Å²) in [5, 5.41) is 22.8. The molecule has 1 aliphatic carbocycles. The smallest absolute Gasteiger partial charge is 0.0992 e. The highest BCUT2D eigenvalue weighted by molar-refractivity contribution is 5.21. The fourth-order valence-electron chi connectivity index (χ4n) is 2.29. The Labute approximate surface area is 102 Å². The molecule has 1 aromatic carbocycles. The standard InChI is InChI=1S/C14H21NO2/c1-14(17,12-5-3-2-4-6-12)10-15-9-11-7-13(16)8-11/h2-6,11,13,15-17H,7-10H2,1H3. The largest absolute Gasteiger partial charge is 0.393 e. The molecule has 1 atom stereocenters. The molecule has 3 heteroatoms. The summed E-state index contributed by atoms with van der Waals surface area (Å²) in [5.41, 5.74) is 0.102. The van der Waals surface area contributed by atoms with Crippen molar-refractivity contribution in [2.45, 2.75) is 31.5 Å². The van der Waals surface area contributed by atoms with E-state index < -0.39 is 5.60 Å². The van der Waals surface area contributed by atoms with Gasteiger partial charge in [-0.2, -0.15) is 0 Å². The van der Waals surface area contributed by atoms with E-state index in [0.717, 1.165) is 24.9 Å². The summed E-state index contributed by atoms with van der Waals surface area (Å²) in [4.78, 5) is 0. The fourth-order valence-corrected chi connectivity index (χ4v) is 2.29. The minimum atomic E-state index is -0.830. The number of aliphatic hydroxyl groups excluding tert-OH is 1. The van der Waals surface area contributed by atoms with E-state index in [4.69, 9.17) is 0 Å². The first-order valence-corrected chi connectivity index (χ1v) is 6.24. The third-order valence-electron chi connectivity index (χ3n) is 3.51. The molecule has 0 amide bonds. The molecule has 1 unspecified atom stereocenters. The molecule has 3 N–H and O–H groups in total. The van der Waals surface area contributed by atoms with Gasteiger partial charge in [-0.25, -0.2) is 0 Å². The molecule has 0 spiro atoms. The van der Waals surface area contributed by atoms with Gasteiger partial charge in [-0.1, -0.05) is 30.3 Å². The van der Waals surface area contributed by atoms with Crippen LogP contribution < -0.4 is 5.32 Å². The zero-order valence-electron chi connectivity index (χ0n) is 10.3. The summed E-state index contributed by atoms with van der Waals surface area (Å²) >= 11 is 0. The summed E-state index contributed by atoms with van der Waals surface area (Å²) in [7, 11) is 0. The molecule has 0 saturated heterocycles. The van der Waals surface area contributed by atoms with Gasteiger partial charge in [-0.3, -0.25) is 0 Å². The van der Waals surface area contributed by atoms with Crippen LogP contribution in [-0.4, -0.2) is 29.4 Å². The van der Waals surface area contributed by atoms with E-state index >= 15 is 0 Å². The molecular weight excluding hydrogens is 214 g/mol. The monoisotopic (exact) mass is 235 g/mol. The van der Waals surface area contributed by atoms with Crippen molar-refractivity contribution in [3.63, 3.8) is 0 Å². The van der Waals surface area contributed by atoms with Gasteiger partial charge in [0.05, 0.1) is 11.7 Å². The van der Waals surface area contributed by atoms with Crippen LogP contribution in [0.3, 0.4) is 0 Å². The predicted molar refractivity (Wildman–Crippen MR) is 67.6 cm³/mol. The molecular formula is C14H21NO2. The lowest BCUT2D eigenvalue weighted by atomic mass is 9.82. The third kappa shape index (κ3) is 3.28. The van der Waals surface area contributed by atoms with Crippen molar-refractivity contribution < 1.29 is 10.2 Å². The molecule has 3 nitrogen and oxygen atoms in total. The van der Waals surface area contributed by atoms with Crippen LogP contribution in [-0.2, 0) is 5.60 Å². The fraction of sp³-hybridized carbons (Fsp3) is 0.571. The van der Waals surface area contributed by atoms with Gasteiger partial charge in [-0.15, -0.1) is 0 Å². The van der Waals surface area contributed by atoms with Crippen molar-refractivity contribution in [3.05, 3.63) is 35.9 Å². The zero-order chi connectivity index (χ0) is 12.3. The number of hydrogen-bond acceptors (Lipinski definition) is 3. The highest BCUT2D eigenvalue weighted by Crippen LogP contribution is 2.26. The van der Waals surface area contributed by atoms with Gasteiger partial charge >= 0.3 is 0 Å². The highest BCUT2D eigenvalue weighted by atomic mass is 16.3. The van der Waals surface area contributed by atoms with E-state index in [1.807, 2.05) is 37.3 Å². The van der Waals surface area contributed by atoms with Gasteiger partial charge in [-0.05, 0) is 37.8 Å². The van der Waals surface area contributed by atoms with E-state index in [9.17, 15) is 10.2 Å². The molecule has 0 heterocycles. The Hall–Kier alpha value is -0.900. The molecule has 0 aliphatic heterocycles. The maximum absolute atomic E-state index is 10.3. The lowest BCUT2D eigenvalue weighted by Crippen LogP contribution is -2.41. The number of hydrogen-bond donors (Lipinski definition) is 3. The lowest BCUT2D eigenvalue weighted by Gasteiger charge is -2.33. The Morgan fingerprint density at radius 3 is 2.53 bits per heavy atom. The van der Waals surface area contributed by atoms with Gasteiger partial charge < -0.3 is 15.5 Å². The minimum Gasteiger partial charge on any atom is -0.393 e. The predicted octanol–water partition coefficient (Wildman–Crippen LogP) is 1.25. The summed E-state index contributed by atoms with van der Waals surface area (Å²) in [6, 6.07) is 9.70. The molecule has 0 radical (unpaired) electrons. The molecule has 1 fully saturated rings. The van der Waals surface area contributed by atoms with Crippen LogP contribution in [0.1, 0.15) is 25.3 Å². The van der Waals surface area contributed by atoms with Gasteiger partial charge in [0.1, 0.15) is 0 Å². The van der Waals surface area contributed by atoms with Crippen LogP contribution in [0.5, 0.6) is 0 Å². The van der Waals surface area contributed by atoms with Crippen LogP contribution in [0.25, 0.3) is 0 Å². The minimum absolute atomic E-state index is 0.101. The Morgan fingerprint density at radius 1 is 1.29 bits per heavy atom. The van der Waals surface area contributed by atoms with Crippen molar-refractivity contribution in [1.82, 2.24) is 5.32 Å². The SMILES string of the molecule is CC(O)(CNCC1CC(O)C1)c1ccccc1. The Kier molecular flexibility index (Phi) is 3.82. The second-order valence-corrected chi connectivity index (χ2v) is 5.26. The second kappa shape index (κ2) is 5.17. The average Bonchev–Trinajstić information content (AvgIpc) is 2.28. The van der Waals surface area contributed by atoms with Crippen LogP contribution in [0, 0.1) is 5.92 Å². The first kappa shape index (κ1) is 12.6. The first-order chi connectivity index (χ1) is 8.08. The van der Waals surface area contributed by atoms with Gasteiger partial charge in [0.15, 0.2) is 0 Å². The number of aliphatic hydroxyl groups is 2. The summed E-state index contributed by atoms with van der Waals surface area (Å²) in [6.07, 6.45) is 1.68. The van der Waals surface area contributed by atoms with E-state index in [0.29, 0.717) is 12.5 Å². The van der Waals surface area contributed by atoms with E-state index in [2.05, 4.69) is 5.32 Å². The highest BCUT2D eigenvalue weighted by Gasteiger charge is 2.28. The van der Waals surface area contributed by atoms with Crippen LogP contribution >= 0.6 is 0 Å². The summed E-state index contributed by atoms with van der Waals surface area (Å²) in [5.74, 6) is 0.566. The number of rotatable bonds is 5. The van der Waals surface area contributed by atoms with E-state index in [1.165, 1.54) is 0 Å². The lowest BCUT2D eigenvalue weighted by molar-refractivity contribution is 0.0312. The maximum atomic E-state index is 10.3. The number of benzene rings is 1. The third-order valence-corrected chi connectivity index (χ3v) is 3.51. The normalized spacial score (nSPS) is 27.2. The molecule has 94 valence electrons. The summed E-state index contributed by atoms with van der Waals surface area (Å²) < 4.78 is 0. The Morgan fingerprint density at radius 2 is 1.94 bits per heavy atom. The van der Waals surface area contributed by atoms with Crippen LogP contribution in [0.2, 0.25) is 0 Å². The maximum Gasteiger partial charge on any atom is 0.0992 e. The Balaban J connectivity index is 1.77. The first-order valence-electron chi connectivity index (χ1n) is 6.24. The van der Waals surface area contributed by atoms with E-state index in [-0.39, 0.29) is 6.10 Å². The van der Waals surface area contributed by atoms with Gasteiger partial charge in [0.25, 0.3) is 0 Å². The Bertz CT molecular complexity index is 344. The van der Waals surface area contributed by atoms with Crippen LogP contribution in [0.15, 0.2) is 30.3 Å². The van der Waals surface area contributed by atoms with Crippen molar-refractivity contribution in [2.75, 3.05) is 13.1 Å². The summed E-state index contributed by atoms with van der Waals surface area (Å²) in [6.45, 7) is 3.24. The van der Waals surface area contributed by atoms with E-state index in [1.54, 1.807) is 0 Å². The van der Waals surface area contributed by atoms with Crippen molar-refractivity contribution in [3.8, 4) is 0 Å². The molecule has 1 saturated carbocycles. The molecule has 0 aromatic heterocycles. The van der Waals surface area contributed by atoms with Crippen molar-refractivity contribution in [1.29, 1.82) is 0 Å². The molecule has 0 bridgehead atoms. The number of nitrogens with one attached hydrogen (secondary N) is 1. The zero-order valence-corrected chi connectivity index (χ0v) is 10.3. The second-order valence-electron chi connectivity index (χ2n) is 5.26. The van der Waals surface area contributed by atoms with Gasteiger partial charge in [0, 0.05) is 6.54 Å². The molecule has 2 rings (SSSR count). The quantitative estimate of drug-likeness (QED) is 0.720. The van der Waals surface area contributed by atoms with Crippen molar-refractivity contribution >= 4 is 0 Å². The van der Waals surface area contributed by atoms with Crippen LogP contribution in [0.4, 0.5) is 0 Å². The molecule has 1 aromatic rings. The molecule has 1 aliphatic rings. The van der Waals surface area contributed by atoms with Crippen molar-refractivity contribution in [2.24, 2.45) is 5.92 Å². The molecule has 17 heavy (non-hydrogen) atoms. The average molecular weight is 235 g/mol. The van der Waals surface area contributed by atoms with Gasteiger partial charge in [0.2, 0.25) is 0 Å².